The first-order valence-corrected chi connectivity index (χ1v) is 10.5. The second-order valence-corrected chi connectivity index (χ2v) is 8.28. The number of pyridine rings is 1. The zero-order chi connectivity index (χ0) is 21.5. The highest BCUT2D eigenvalue weighted by Gasteiger charge is 2.30. The van der Waals surface area contributed by atoms with Crippen LogP contribution in [0.5, 0.6) is 0 Å². The van der Waals surface area contributed by atoms with Crippen LogP contribution in [0.3, 0.4) is 0 Å². The van der Waals surface area contributed by atoms with Gasteiger partial charge in [-0.3, -0.25) is 9.36 Å². The van der Waals surface area contributed by atoms with E-state index in [1.165, 1.54) is 26.7 Å². The maximum Gasteiger partial charge on any atom is 0.437 e. The van der Waals surface area contributed by atoms with Gasteiger partial charge in [-0.05, 0) is 56.2 Å². The normalized spacial score (nSPS) is 18.6. The van der Waals surface area contributed by atoms with Crippen molar-refractivity contribution in [1.29, 1.82) is 0 Å². The molecule has 3 aromatic heterocycles. The van der Waals surface area contributed by atoms with E-state index in [2.05, 4.69) is 46.3 Å². The molecule has 2 atom stereocenters. The van der Waals surface area contributed by atoms with Crippen LogP contribution in [-0.4, -0.2) is 24.3 Å². The van der Waals surface area contributed by atoms with Gasteiger partial charge in [0.15, 0.2) is 5.65 Å². The van der Waals surface area contributed by atoms with Crippen molar-refractivity contribution < 1.29 is 4.42 Å². The number of aromatic nitrogens is 5. The van der Waals surface area contributed by atoms with Crippen molar-refractivity contribution in [2.24, 2.45) is 0 Å². The molecule has 1 saturated carbocycles. The molecule has 8 nitrogen and oxygen atoms in total. The van der Waals surface area contributed by atoms with Crippen LogP contribution in [0.4, 0.5) is 0 Å². The van der Waals surface area contributed by atoms with E-state index >= 15 is 0 Å². The molecule has 0 radical (unpaired) electrons. The van der Waals surface area contributed by atoms with E-state index in [1.54, 1.807) is 12.3 Å². The largest absolute Gasteiger partial charge is 0.437 e. The van der Waals surface area contributed by atoms with Gasteiger partial charge >= 0.3 is 5.76 Å². The fraction of sp³-hybridized carbons (Fsp3) is 0.348. The molecule has 1 aliphatic rings. The van der Waals surface area contributed by atoms with Crippen LogP contribution in [0.1, 0.15) is 53.8 Å². The van der Waals surface area contributed by atoms with Gasteiger partial charge in [-0.25, -0.2) is 14.8 Å². The van der Waals surface area contributed by atoms with Gasteiger partial charge < -0.3 is 4.42 Å². The van der Waals surface area contributed by atoms with E-state index in [9.17, 15) is 9.59 Å². The standard InChI is InChI=1S/C23H23N5O3/c1-14-3-5-16(6-4-14)17-7-8-18(11-17)28-23(30)31-19(26-28)12-27-13-25-21-20(22(27)29)15(2)9-10-24-21/h3-6,9-10,13,17-18H,7-8,11-12H2,1-2H3/t17-,18-/m1/s1. The summed E-state index contributed by atoms with van der Waals surface area (Å²) < 4.78 is 8.22. The Morgan fingerprint density at radius 1 is 1.06 bits per heavy atom. The van der Waals surface area contributed by atoms with Crippen molar-refractivity contribution in [2.75, 3.05) is 0 Å². The molecule has 4 aromatic rings. The van der Waals surface area contributed by atoms with Gasteiger partial charge in [0.25, 0.3) is 5.56 Å². The topological polar surface area (TPSA) is 95.8 Å². The van der Waals surface area contributed by atoms with Crippen molar-refractivity contribution in [2.45, 2.75) is 51.6 Å². The molecule has 1 aliphatic carbocycles. The van der Waals surface area contributed by atoms with Crippen LogP contribution in [0, 0.1) is 13.8 Å². The molecule has 0 aliphatic heterocycles. The van der Waals surface area contributed by atoms with E-state index in [-0.39, 0.29) is 24.0 Å². The molecule has 5 rings (SSSR count). The predicted octanol–water partition coefficient (Wildman–Crippen LogP) is 3.12. The second-order valence-electron chi connectivity index (χ2n) is 8.28. The third-order valence-corrected chi connectivity index (χ3v) is 6.15. The smallest absolute Gasteiger partial charge is 0.390 e. The first-order valence-electron chi connectivity index (χ1n) is 10.5. The van der Waals surface area contributed by atoms with Crippen LogP contribution >= 0.6 is 0 Å². The number of hydrogen-bond acceptors (Lipinski definition) is 6. The first-order chi connectivity index (χ1) is 15.0. The van der Waals surface area contributed by atoms with Crippen molar-refractivity contribution in [3.8, 4) is 0 Å². The van der Waals surface area contributed by atoms with Gasteiger partial charge in [0.2, 0.25) is 5.89 Å². The Labute approximate surface area is 178 Å². The summed E-state index contributed by atoms with van der Waals surface area (Å²) in [7, 11) is 0. The predicted molar refractivity (Wildman–Crippen MR) is 115 cm³/mol. The summed E-state index contributed by atoms with van der Waals surface area (Å²) in [4.78, 5) is 33.7. The van der Waals surface area contributed by atoms with Gasteiger partial charge in [-0.1, -0.05) is 29.8 Å². The number of benzene rings is 1. The second kappa shape index (κ2) is 7.61. The molecule has 158 valence electrons. The number of aryl methyl sites for hydroxylation is 2. The van der Waals surface area contributed by atoms with Gasteiger partial charge in [-0.2, -0.15) is 4.68 Å². The molecule has 0 bridgehead atoms. The lowest BCUT2D eigenvalue weighted by molar-refractivity contribution is 0.401. The fourth-order valence-corrected chi connectivity index (χ4v) is 4.43. The van der Waals surface area contributed by atoms with Crippen molar-refractivity contribution in [3.63, 3.8) is 0 Å². The lowest BCUT2D eigenvalue weighted by Gasteiger charge is -2.11. The zero-order valence-electron chi connectivity index (χ0n) is 17.5. The summed E-state index contributed by atoms with van der Waals surface area (Å²) in [6.45, 7) is 3.97. The van der Waals surface area contributed by atoms with Gasteiger partial charge in [0.1, 0.15) is 12.9 Å². The summed E-state index contributed by atoms with van der Waals surface area (Å²) in [5.74, 6) is 0.123. The Balaban J connectivity index is 1.38. The van der Waals surface area contributed by atoms with E-state index in [0.717, 1.165) is 24.8 Å². The Morgan fingerprint density at radius 2 is 1.87 bits per heavy atom. The zero-order valence-corrected chi connectivity index (χ0v) is 17.5. The van der Waals surface area contributed by atoms with Gasteiger partial charge in [0, 0.05) is 6.20 Å². The summed E-state index contributed by atoms with van der Waals surface area (Å²) in [5, 5.41) is 4.87. The molecule has 0 N–H and O–H groups in total. The molecule has 0 amide bonds. The lowest BCUT2D eigenvalue weighted by atomic mass is 9.96. The number of rotatable bonds is 4. The maximum atomic E-state index is 12.9. The Kier molecular flexibility index (Phi) is 4.77. The number of nitrogens with zero attached hydrogens (tertiary/aromatic N) is 5. The molecule has 1 fully saturated rings. The maximum absolute atomic E-state index is 12.9. The average molecular weight is 417 g/mol. The van der Waals surface area contributed by atoms with E-state index in [1.807, 2.05) is 6.92 Å². The minimum absolute atomic E-state index is 0.00537. The molecule has 0 spiro atoms. The highest BCUT2D eigenvalue weighted by Crippen LogP contribution is 2.40. The third kappa shape index (κ3) is 3.58. The fourth-order valence-electron chi connectivity index (χ4n) is 4.43. The van der Waals surface area contributed by atoms with Crippen molar-refractivity contribution in [1.82, 2.24) is 24.3 Å². The molecule has 0 saturated heterocycles. The van der Waals surface area contributed by atoms with Gasteiger partial charge in [-0.15, -0.1) is 5.10 Å². The van der Waals surface area contributed by atoms with Gasteiger partial charge in [0.05, 0.1) is 11.4 Å². The minimum Gasteiger partial charge on any atom is -0.390 e. The summed E-state index contributed by atoms with van der Waals surface area (Å²) >= 11 is 0. The quantitative estimate of drug-likeness (QED) is 0.506. The van der Waals surface area contributed by atoms with Crippen LogP contribution < -0.4 is 11.3 Å². The molecular weight excluding hydrogens is 394 g/mol. The summed E-state index contributed by atoms with van der Waals surface area (Å²) in [6, 6.07) is 10.3. The number of hydrogen-bond donors (Lipinski definition) is 0. The van der Waals surface area contributed by atoms with E-state index in [4.69, 9.17) is 4.42 Å². The summed E-state index contributed by atoms with van der Waals surface area (Å²) in [6.07, 6.45) is 5.76. The molecule has 8 heteroatoms. The highest BCUT2D eigenvalue weighted by molar-refractivity contribution is 5.76. The molecule has 3 heterocycles. The number of fused-ring (bicyclic) bond motifs is 1. The molecule has 0 unspecified atom stereocenters. The third-order valence-electron chi connectivity index (χ3n) is 6.15. The Morgan fingerprint density at radius 3 is 2.68 bits per heavy atom. The average Bonchev–Trinajstić information content (AvgIpc) is 3.37. The summed E-state index contributed by atoms with van der Waals surface area (Å²) in [5.41, 5.74) is 3.51. The highest BCUT2D eigenvalue weighted by atomic mass is 16.4. The Bertz CT molecular complexity index is 1370. The molecule has 1 aromatic carbocycles. The van der Waals surface area contributed by atoms with Crippen molar-refractivity contribution >= 4 is 11.0 Å². The van der Waals surface area contributed by atoms with E-state index < -0.39 is 5.76 Å². The minimum atomic E-state index is -0.482. The van der Waals surface area contributed by atoms with Crippen LogP contribution in [-0.2, 0) is 6.54 Å². The SMILES string of the molecule is Cc1ccc([C@@H]2CC[C@@H](n3nc(Cn4cnc5nccc(C)c5c4=O)oc3=O)C2)cc1. The molecular formula is C23H23N5O3. The first kappa shape index (κ1) is 19.4. The monoisotopic (exact) mass is 417 g/mol. The van der Waals surface area contributed by atoms with Crippen LogP contribution in [0.15, 0.2) is 56.9 Å². The van der Waals surface area contributed by atoms with Crippen LogP contribution in [0.25, 0.3) is 11.0 Å². The van der Waals surface area contributed by atoms with Crippen LogP contribution in [0.2, 0.25) is 0 Å². The van der Waals surface area contributed by atoms with Crippen molar-refractivity contribution in [3.05, 3.63) is 86.3 Å². The molecule has 31 heavy (non-hydrogen) atoms. The lowest BCUT2D eigenvalue weighted by Crippen LogP contribution is -2.22. The van der Waals surface area contributed by atoms with E-state index in [0.29, 0.717) is 17.0 Å². The Hall–Kier alpha value is -3.55.